The van der Waals surface area contributed by atoms with E-state index in [1.165, 1.54) is 231 Å². The van der Waals surface area contributed by atoms with Gasteiger partial charge in [0, 0.05) is 12.8 Å². The SMILES string of the molecule is CCCCCC/C=C\C/C=C\CCCCCCCCCC(=O)OCCCCCCCCCCCCCCCCCCC(=O)NC(CO)C(O)CCCCCCCCCCCCCCCC. The molecule has 0 spiro atoms. The van der Waals surface area contributed by atoms with Crippen LogP contribution in [0, 0.1) is 0 Å². The second-order valence-corrected chi connectivity index (χ2v) is 20.0. The van der Waals surface area contributed by atoms with Crippen LogP contribution in [0.3, 0.4) is 0 Å². The van der Waals surface area contributed by atoms with Crippen molar-refractivity contribution in [1.82, 2.24) is 5.32 Å². The number of hydrogen-bond acceptors (Lipinski definition) is 5. The van der Waals surface area contributed by atoms with Gasteiger partial charge in [-0.15, -0.1) is 0 Å². The summed E-state index contributed by atoms with van der Waals surface area (Å²) in [5.41, 5.74) is 0. The third-order valence-electron chi connectivity index (χ3n) is 13.5. The molecule has 65 heavy (non-hydrogen) atoms. The molecule has 1 amide bonds. The molecule has 0 radical (unpaired) electrons. The summed E-state index contributed by atoms with van der Waals surface area (Å²) in [7, 11) is 0. The zero-order valence-corrected chi connectivity index (χ0v) is 43.7. The van der Waals surface area contributed by atoms with Gasteiger partial charge < -0.3 is 20.3 Å². The third kappa shape index (κ3) is 51.6. The van der Waals surface area contributed by atoms with Gasteiger partial charge in [-0.2, -0.15) is 0 Å². The molecule has 0 aromatic rings. The average molecular weight is 917 g/mol. The molecule has 0 bridgehead atoms. The smallest absolute Gasteiger partial charge is 0.305 e. The van der Waals surface area contributed by atoms with Crippen molar-refractivity contribution in [2.45, 2.75) is 328 Å². The lowest BCUT2D eigenvalue weighted by Gasteiger charge is -2.22. The van der Waals surface area contributed by atoms with E-state index in [9.17, 15) is 19.8 Å². The monoisotopic (exact) mass is 916 g/mol. The Labute approximate surface area is 405 Å². The van der Waals surface area contributed by atoms with Crippen LogP contribution in [0.5, 0.6) is 0 Å². The molecule has 0 rings (SSSR count). The fraction of sp³-hybridized carbons (Fsp3) is 0.898. The molecule has 0 heterocycles. The molecule has 2 unspecified atom stereocenters. The number of esters is 1. The number of rotatable bonds is 54. The molecule has 0 aromatic heterocycles. The van der Waals surface area contributed by atoms with Gasteiger partial charge in [-0.3, -0.25) is 9.59 Å². The predicted molar refractivity (Wildman–Crippen MR) is 283 cm³/mol. The van der Waals surface area contributed by atoms with Gasteiger partial charge in [0.15, 0.2) is 0 Å². The van der Waals surface area contributed by atoms with Gasteiger partial charge in [-0.25, -0.2) is 0 Å². The predicted octanol–water partition coefficient (Wildman–Crippen LogP) is 17.9. The van der Waals surface area contributed by atoms with Crippen LogP contribution in [0.15, 0.2) is 24.3 Å². The van der Waals surface area contributed by atoms with Crippen LogP contribution >= 0.6 is 0 Å². The second kappa shape index (κ2) is 54.9. The maximum absolute atomic E-state index is 12.5. The lowest BCUT2D eigenvalue weighted by atomic mass is 10.0. The second-order valence-electron chi connectivity index (χ2n) is 20.0. The Balaban J connectivity index is 3.41. The summed E-state index contributed by atoms with van der Waals surface area (Å²) in [6.45, 7) is 4.93. The number of carbonyl (C=O) groups excluding carboxylic acids is 2. The number of carbonyl (C=O) groups is 2. The molecule has 384 valence electrons. The minimum atomic E-state index is -0.668. The van der Waals surface area contributed by atoms with Gasteiger partial charge in [0.2, 0.25) is 5.91 Å². The van der Waals surface area contributed by atoms with Crippen LogP contribution in [-0.4, -0.2) is 47.4 Å². The summed E-state index contributed by atoms with van der Waals surface area (Å²) in [5.74, 6) is -0.0448. The van der Waals surface area contributed by atoms with E-state index in [0.717, 1.165) is 51.4 Å². The van der Waals surface area contributed by atoms with Crippen LogP contribution in [0.25, 0.3) is 0 Å². The van der Waals surface area contributed by atoms with Gasteiger partial charge in [0.25, 0.3) is 0 Å². The first kappa shape index (κ1) is 63.3. The maximum atomic E-state index is 12.5. The van der Waals surface area contributed by atoms with E-state index in [4.69, 9.17) is 4.74 Å². The highest BCUT2D eigenvalue weighted by molar-refractivity contribution is 5.76. The highest BCUT2D eigenvalue weighted by Crippen LogP contribution is 2.17. The Kier molecular flexibility index (Phi) is 53.5. The molecule has 0 fully saturated rings. The van der Waals surface area contributed by atoms with Crippen molar-refractivity contribution in [3.05, 3.63) is 24.3 Å². The summed E-state index contributed by atoms with van der Waals surface area (Å²) < 4.78 is 5.48. The van der Waals surface area contributed by atoms with E-state index < -0.39 is 12.1 Å². The Morgan fingerprint density at radius 2 is 0.769 bits per heavy atom. The van der Waals surface area contributed by atoms with E-state index in [0.29, 0.717) is 25.9 Å². The highest BCUT2D eigenvalue weighted by Gasteiger charge is 2.20. The first-order chi connectivity index (χ1) is 32.0. The number of unbranched alkanes of at least 4 members (excludes halogenated alkanes) is 39. The molecular weight excluding hydrogens is 803 g/mol. The van der Waals surface area contributed by atoms with Crippen molar-refractivity contribution < 1.29 is 24.5 Å². The molecule has 6 heteroatoms. The van der Waals surface area contributed by atoms with Crippen molar-refractivity contribution in [2.24, 2.45) is 0 Å². The fourth-order valence-corrected chi connectivity index (χ4v) is 9.02. The Hall–Kier alpha value is -1.66. The summed E-state index contributed by atoms with van der Waals surface area (Å²) in [6, 6.07) is -0.546. The van der Waals surface area contributed by atoms with Crippen molar-refractivity contribution in [3.8, 4) is 0 Å². The summed E-state index contributed by atoms with van der Waals surface area (Å²) in [4.78, 5) is 24.5. The average Bonchev–Trinajstić information content (AvgIpc) is 3.31. The van der Waals surface area contributed by atoms with E-state index in [1.807, 2.05) is 0 Å². The van der Waals surface area contributed by atoms with Crippen LogP contribution in [0.2, 0.25) is 0 Å². The van der Waals surface area contributed by atoms with E-state index in [2.05, 4.69) is 43.5 Å². The quantitative estimate of drug-likeness (QED) is 0.0321. The zero-order chi connectivity index (χ0) is 47.2. The Morgan fingerprint density at radius 1 is 0.431 bits per heavy atom. The normalized spacial score (nSPS) is 12.7. The standard InChI is InChI=1S/C59H113NO5/c1-3-5-7-9-11-13-15-17-19-20-21-25-29-33-37-41-45-49-53-59(64)65-54-50-46-42-38-34-30-26-23-22-24-28-32-36-40-44-48-52-58(63)60-56(55-61)57(62)51-47-43-39-35-31-27-18-16-14-12-10-8-6-4-2/h13,15,19-20,56-57,61-62H,3-12,14,16-18,21-55H2,1-2H3,(H,60,63)/b15-13-,20-19-. The van der Waals surface area contributed by atoms with Gasteiger partial charge >= 0.3 is 5.97 Å². The largest absolute Gasteiger partial charge is 0.466 e. The molecule has 0 aliphatic heterocycles. The molecule has 6 nitrogen and oxygen atoms in total. The molecular formula is C59H113NO5. The van der Waals surface area contributed by atoms with Crippen LogP contribution < -0.4 is 5.32 Å². The van der Waals surface area contributed by atoms with Gasteiger partial charge in [0.05, 0.1) is 25.4 Å². The van der Waals surface area contributed by atoms with Crippen molar-refractivity contribution >= 4 is 11.9 Å². The number of ether oxygens (including phenoxy) is 1. The van der Waals surface area contributed by atoms with Crippen molar-refractivity contribution in [3.63, 3.8) is 0 Å². The number of aliphatic hydroxyl groups is 2. The number of amides is 1. The van der Waals surface area contributed by atoms with Crippen LogP contribution in [0.4, 0.5) is 0 Å². The molecule has 3 N–H and O–H groups in total. The number of aliphatic hydroxyl groups excluding tert-OH is 2. The summed E-state index contributed by atoms with van der Waals surface area (Å²) in [6.07, 6.45) is 65.9. The molecule has 0 saturated heterocycles. The lowest BCUT2D eigenvalue weighted by Crippen LogP contribution is -2.45. The molecule has 0 aliphatic rings. The first-order valence-electron chi connectivity index (χ1n) is 29.1. The third-order valence-corrected chi connectivity index (χ3v) is 13.5. The molecule has 2 atom stereocenters. The number of nitrogens with one attached hydrogen (secondary N) is 1. The van der Waals surface area contributed by atoms with Gasteiger partial charge in [-0.05, 0) is 57.8 Å². The number of allylic oxidation sites excluding steroid dienone is 4. The summed E-state index contributed by atoms with van der Waals surface area (Å²) >= 11 is 0. The minimum absolute atomic E-state index is 0.00381. The molecule has 0 aromatic carbocycles. The number of hydrogen-bond donors (Lipinski definition) is 3. The fourth-order valence-electron chi connectivity index (χ4n) is 9.02. The maximum Gasteiger partial charge on any atom is 0.305 e. The zero-order valence-electron chi connectivity index (χ0n) is 43.7. The lowest BCUT2D eigenvalue weighted by molar-refractivity contribution is -0.143. The minimum Gasteiger partial charge on any atom is -0.466 e. The summed E-state index contributed by atoms with van der Waals surface area (Å²) in [5, 5.41) is 23.2. The molecule has 0 saturated carbocycles. The Bertz CT molecular complexity index is 1010. The van der Waals surface area contributed by atoms with E-state index >= 15 is 0 Å². The topological polar surface area (TPSA) is 95.9 Å². The first-order valence-corrected chi connectivity index (χ1v) is 29.1. The van der Waals surface area contributed by atoms with Crippen molar-refractivity contribution in [2.75, 3.05) is 13.2 Å². The highest BCUT2D eigenvalue weighted by atomic mass is 16.5. The Morgan fingerprint density at radius 3 is 1.18 bits per heavy atom. The van der Waals surface area contributed by atoms with Gasteiger partial charge in [-0.1, -0.05) is 269 Å². The van der Waals surface area contributed by atoms with Crippen LogP contribution in [-0.2, 0) is 14.3 Å². The van der Waals surface area contributed by atoms with E-state index in [1.54, 1.807) is 0 Å². The van der Waals surface area contributed by atoms with Crippen molar-refractivity contribution in [1.29, 1.82) is 0 Å². The van der Waals surface area contributed by atoms with E-state index in [-0.39, 0.29) is 18.5 Å². The van der Waals surface area contributed by atoms with Gasteiger partial charge in [0.1, 0.15) is 0 Å². The van der Waals surface area contributed by atoms with Crippen LogP contribution in [0.1, 0.15) is 316 Å². The molecule has 0 aliphatic carbocycles.